The normalized spacial score (nSPS) is 11.1. The van der Waals surface area contributed by atoms with Gasteiger partial charge in [-0.25, -0.2) is 4.98 Å². The molecule has 0 spiro atoms. The number of fused-ring (bicyclic) bond motifs is 3. The Bertz CT molecular complexity index is 1240. The number of methoxy groups -OCH3 is 1. The lowest BCUT2D eigenvalue weighted by Gasteiger charge is -2.10. The molecule has 0 bridgehead atoms. The van der Waals surface area contributed by atoms with Crippen molar-refractivity contribution in [2.45, 2.75) is 13.2 Å². The van der Waals surface area contributed by atoms with Crippen molar-refractivity contribution < 1.29 is 18.7 Å². The molecule has 4 aromatic rings. The Morgan fingerprint density at radius 3 is 2.89 bits per heavy atom. The minimum Gasteiger partial charge on any atom is -0.496 e. The summed E-state index contributed by atoms with van der Waals surface area (Å²) in [6.45, 7) is -0.244. The highest BCUT2D eigenvalue weighted by atomic mass is 79.9. The standard InChI is InChI=1S/C20H15BrN2O5/c1-26-15-7-6-13(21)8-12(15)10-27-17(24)9-23-11-22-18-14-4-2-3-5-16(14)28-19(18)20(23)25/h2-8,11H,9-10H2,1H3. The third-order valence-corrected chi connectivity index (χ3v) is 4.77. The van der Waals surface area contributed by atoms with Crippen molar-refractivity contribution in [1.29, 1.82) is 0 Å². The van der Waals surface area contributed by atoms with Gasteiger partial charge in [-0.15, -0.1) is 0 Å². The lowest BCUT2D eigenvalue weighted by molar-refractivity contribution is -0.145. The van der Waals surface area contributed by atoms with E-state index >= 15 is 0 Å². The van der Waals surface area contributed by atoms with Gasteiger partial charge in [0.05, 0.1) is 13.4 Å². The minimum atomic E-state index is -0.568. The molecule has 0 aliphatic carbocycles. The highest BCUT2D eigenvalue weighted by Crippen LogP contribution is 2.25. The summed E-state index contributed by atoms with van der Waals surface area (Å²) in [6, 6.07) is 12.7. The first-order chi connectivity index (χ1) is 13.6. The van der Waals surface area contributed by atoms with E-state index in [1.165, 1.54) is 10.9 Å². The van der Waals surface area contributed by atoms with E-state index in [-0.39, 0.29) is 18.7 Å². The van der Waals surface area contributed by atoms with Crippen LogP contribution in [0.4, 0.5) is 0 Å². The molecule has 4 rings (SSSR count). The molecule has 0 aliphatic heterocycles. The van der Waals surface area contributed by atoms with Gasteiger partial charge in [0.2, 0.25) is 5.58 Å². The van der Waals surface area contributed by atoms with Crippen LogP contribution in [0.15, 0.2) is 62.5 Å². The molecule has 142 valence electrons. The van der Waals surface area contributed by atoms with Gasteiger partial charge < -0.3 is 13.9 Å². The Morgan fingerprint density at radius 1 is 1.25 bits per heavy atom. The van der Waals surface area contributed by atoms with Crippen molar-refractivity contribution in [3.8, 4) is 5.75 Å². The zero-order valence-electron chi connectivity index (χ0n) is 14.8. The molecule has 0 saturated heterocycles. The van der Waals surface area contributed by atoms with Crippen LogP contribution in [0.1, 0.15) is 5.56 Å². The molecule has 2 aromatic heterocycles. The van der Waals surface area contributed by atoms with Gasteiger partial charge in [-0.3, -0.25) is 14.2 Å². The van der Waals surface area contributed by atoms with Gasteiger partial charge in [-0.05, 0) is 30.3 Å². The predicted octanol–water partition coefficient (Wildman–Crippen LogP) is 3.66. The Labute approximate surface area is 167 Å². The van der Waals surface area contributed by atoms with Crippen LogP contribution in [0.5, 0.6) is 5.75 Å². The second-order valence-electron chi connectivity index (χ2n) is 6.07. The van der Waals surface area contributed by atoms with E-state index in [1.54, 1.807) is 25.3 Å². The molecule has 2 heterocycles. The summed E-state index contributed by atoms with van der Waals surface area (Å²) in [5.41, 5.74) is 1.44. The summed E-state index contributed by atoms with van der Waals surface area (Å²) in [5, 5.41) is 0.756. The topological polar surface area (TPSA) is 83.6 Å². The summed E-state index contributed by atoms with van der Waals surface area (Å²) in [7, 11) is 1.54. The van der Waals surface area contributed by atoms with Crippen molar-refractivity contribution in [2.75, 3.05) is 7.11 Å². The molecule has 28 heavy (non-hydrogen) atoms. The van der Waals surface area contributed by atoms with E-state index in [2.05, 4.69) is 20.9 Å². The summed E-state index contributed by atoms with van der Waals surface area (Å²) >= 11 is 3.37. The Morgan fingerprint density at radius 2 is 2.07 bits per heavy atom. The molecule has 0 amide bonds. The zero-order valence-corrected chi connectivity index (χ0v) is 16.4. The van der Waals surface area contributed by atoms with Crippen molar-refractivity contribution in [1.82, 2.24) is 9.55 Å². The van der Waals surface area contributed by atoms with Crippen molar-refractivity contribution in [3.63, 3.8) is 0 Å². The Kier molecular flexibility index (Phi) is 4.87. The number of ether oxygens (including phenoxy) is 2. The number of carbonyl (C=O) groups excluding carboxylic acids is 1. The minimum absolute atomic E-state index is 0.0243. The second-order valence-corrected chi connectivity index (χ2v) is 6.99. The number of rotatable bonds is 5. The van der Waals surface area contributed by atoms with E-state index in [0.717, 1.165) is 9.86 Å². The first-order valence-corrected chi connectivity index (χ1v) is 9.21. The molecule has 0 aliphatic rings. The quantitative estimate of drug-likeness (QED) is 0.438. The van der Waals surface area contributed by atoms with E-state index in [0.29, 0.717) is 22.4 Å². The van der Waals surface area contributed by atoms with E-state index in [1.807, 2.05) is 24.3 Å². The van der Waals surface area contributed by atoms with Crippen LogP contribution >= 0.6 is 15.9 Å². The van der Waals surface area contributed by atoms with Crippen LogP contribution in [-0.2, 0) is 22.7 Å². The maximum Gasteiger partial charge on any atom is 0.326 e. The summed E-state index contributed by atoms with van der Waals surface area (Å²) in [4.78, 5) is 29.2. The van der Waals surface area contributed by atoms with Crippen LogP contribution in [-0.4, -0.2) is 22.6 Å². The Hall–Kier alpha value is -3.13. The largest absolute Gasteiger partial charge is 0.496 e. The number of para-hydroxylation sites is 1. The average molecular weight is 443 g/mol. The number of aromatic nitrogens is 2. The molecule has 0 N–H and O–H groups in total. The SMILES string of the molecule is COc1ccc(Br)cc1COC(=O)Cn1cnc2c(oc3ccccc32)c1=O. The first-order valence-electron chi connectivity index (χ1n) is 8.41. The van der Waals surface area contributed by atoms with Gasteiger partial charge in [-0.1, -0.05) is 28.1 Å². The number of esters is 1. The molecule has 0 radical (unpaired) electrons. The maximum absolute atomic E-state index is 12.6. The van der Waals surface area contributed by atoms with E-state index in [9.17, 15) is 9.59 Å². The monoisotopic (exact) mass is 442 g/mol. The fraction of sp³-hybridized carbons (Fsp3) is 0.150. The smallest absolute Gasteiger partial charge is 0.326 e. The van der Waals surface area contributed by atoms with Gasteiger partial charge in [0, 0.05) is 15.4 Å². The molecule has 8 heteroatoms. The van der Waals surface area contributed by atoms with Crippen LogP contribution in [0.3, 0.4) is 0 Å². The average Bonchev–Trinajstić information content (AvgIpc) is 3.08. The first kappa shape index (κ1) is 18.2. The second kappa shape index (κ2) is 7.47. The van der Waals surface area contributed by atoms with E-state index in [4.69, 9.17) is 13.9 Å². The lowest BCUT2D eigenvalue weighted by atomic mass is 10.2. The van der Waals surface area contributed by atoms with Gasteiger partial charge in [0.15, 0.2) is 0 Å². The molecule has 0 fully saturated rings. The van der Waals surface area contributed by atoms with Gasteiger partial charge in [0.1, 0.15) is 30.0 Å². The third kappa shape index (κ3) is 3.38. The molecule has 0 saturated carbocycles. The van der Waals surface area contributed by atoms with Gasteiger partial charge >= 0.3 is 5.97 Å². The molecule has 0 atom stereocenters. The molecule has 0 unspecified atom stereocenters. The van der Waals surface area contributed by atoms with Gasteiger partial charge in [-0.2, -0.15) is 0 Å². The third-order valence-electron chi connectivity index (χ3n) is 4.28. The molecular formula is C20H15BrN2O5. The number of hydrogen-bond acceptors (Lipinski definition) is 6. The van der Waals surface area contributed by atoms with Crippen LogP contribution in [0.2, 0.25) is 0 Å². The highest BCUT2D eigenvalue weighted by Gasteiger charge is 2.15. The zero-order chi connectivity index (χ0) is 19.7. The highest BCUT2D eigenvalue weighted by molar-refractivity contribution is 9.10. The number of halogens is 1. The van der Waals surface area contributed by atoms with Crippen molar-refractivity contribution >= 4 is 44.0 Å². The molecular weight excluding hydrogens is 428 g/mol. The number of carbonyl (C=O) groups is 1. The van der Waals surface area contributed by atoms with Crippen LogP contribution in [0, 0.1) is 0 Å². The summed E-state index contributed by atoms with van der Waals surface area (Å²) in [5.74, 6) is 0.0416. The van der Waals surface area contributed by atoms with E-state index < -0.39 is 11.5 Å². The predicted molar refractivity (Wildman–Crippen MR) is 106 cm³/mol. The number of hydrogen-bond donors (Lipinski definition) is 0. The fourth-order valence-electron chi connectivity index (χ4n) is 2.93. The van der Waals surface area contributed by atoms with Crippen molar-refractivity contribution in [3.05, 3.63) is 69.2 Å². The fourth-order valence-corrected chi connectivity index (χ4v) is 3.34. The van der Waals surface area contributed by atoms with Gasteiger partial charge in [0.25, 0.3) is 5.56 Å². The number of benzene rings is 2. The molecule has 2 aromatic carbocycles. The molecule has 7 nitrogen and oxygen atoms in total. The summed E-state index contributed by atoms with van der Waals surface area (Å²) in [6.07, 6.45) is 1.33. The van der Waals surface area contributed by atoms with Crippen LogP contribution in [0.25, 0.3) is 22.1 Å². The van der Waals surface area contributed by atoms with Crippen LogP contribution < -0.4 is 10.3 Å². The Balaban J connectivity index is 1.54. The lowest BCUT2D eigenvalue weighted by Crippen LogP contribution is -2.25. The number of nitrogens with zero attached hydrogens (tertiary/aromatic N) is 2. The van der Waals surface area contributed by atoms with Crippen molar-refractivity contribution in [2.24, 2.45) is 0 Å². The number of furan rings is 1. The maximum atomic E-state index is 12.6. The summed E-state index contributed by atoms with van der Waals surface area (Å²) < 4.78 is 18.2.